The average molecular weight is 406 g/mol. The van der Waals surface area contributed by atoms with Crippen molar-refractivity contribution in [2.45, 2.75) is 33.7 Å². The lowest BCUT2D eigenvalue weighted by Crippen LogP contribution is -2.30. The molecule has 0 radical (unpaired) electrons. The van der Waals surface area contributed by atoms with Crippen molar-refractivity contribution in [3.63, 3.8) is 0 Å². The first-order chi connectivity index (χ1) is 14.5. The Morgan fingerprint density at radius 3 is 2.43 bits per heavy atom. The lowest BCUT2D eigenvalue weighted by atomic mass is 10.1. The largest absolute Gasteiger partial charge is 0.339 e. The zero-order valence-corrected chi connectivity index (χ0v) is 17.5. The Balaban J connectivity index is 1.64. The smallest absolute Gasteiger partial charge is 0.253 e. The van der Waals surface area contributed by atoms with Crippen LogP contribution in [0.4, 0.5) is 5.69 Å². The summed E-state index contributed by atoms with van der Waals surface area (Å²) in [5.74, 6) is 0.109. The van der Waals surface area contributed by atoms with E-state index in [4.69, 9.17) is 0 Å². The maximum atomic E-state index is 12.5. The molecule has 0 aliphatic rings. The highest BCUT2D eigenvalue weighted by atomic mass is 16.2. The topological polar surface area (TPSA) is 93.0 Å². The van der Waals surface area contributed by atoms with Crippen molar-refractivity contribution in [1.82, 2.24) is 25.1 Å². The number of aromatic nitrogens is 4. The Morgan fingerprint density at radius 2 is 1.77 bits per heavy atom. The Labute approximate surface area is 175 Å². The van der Waals surface area contributed by atoms with E-state index in [1.54, 1.807) is 29.2 Å². The molecule has 30 heavy (non-hydrogen) atoms. The van der Waals surface area contributed by atoms with Gasteiger partial charge in [0, 0.05) is 29.9 Å². The van der Waals surface area contributed by atoms with Crippen molar-refractivity contribution in [1.29, 1.82) is 0 Å². The summed E-state index contributed by atoms with van der Waals surface area (Å²) >= 11 is 0. The van der Waals surface area contributed by atoms with Crippen LogP contribution in [0.2, 0.25) is 0 Å². The Hall–Kier alpha value is -3.55. The van der Waals surface area contributed by atoms with E-state index in [9.17, 15) is 9.59 Å². The molecule has 1 aromatic heterocycles. The zero-order chi connectivity index (χ0) is 21.5. The molecule has 3 aromatic rings. The zero-order valence-electron chi connectivity index (χ0n) is 17.5. The van der Waals surface area contributed by atoms with Crippen LogP contribution in [-0.4, -0.2) is 50.0 Å². The molecule has 0 fully saturated rings. The van der Waals surface area contributed by atoms with Crippen molar-refractivity contribution in [2.24, 2.45) is 0 Å². The van der Waals surface area contributed by atoms with Gasteiger partial charge >= 0.3 is 0 Å². The predicted molar refractivity (Wildman–Crippen MR) is 115 cm³/mol. The normalized spacial score (nSPS) is 10.6. The number of carbonyl (C=O) groups is 2. The fourth-order valence-electron chi connectivity index (χ4n) is 3.07. The third-order valence-corrected chi connectivity index (χ3v) is 4.80. The highest BCUT2D eigenvalue weighted by Crippen LogP contribution is 2.15. The number of hydrogen-bond donors (Lipinski definition) is 1. The second-order valence-corrected chi connectivity index (χ2v) is 6.80. The van der Waals surface area contributed by atoms with Gasteiger partial charge in [-0.1, -0.05) is 37.3 Å². The Bertz CT molecular complexity index is 1010. The van der Waals surface area contributed by atoms with Gasteiger partial charge in [-0.2, -0.15) is 4.80 Å². The average Bonchev–Trinajstić information content (AvgIpc) is 3.23. The summed E-state index contributed by atoms with van der Waals surface area (Å²) < 4.78 is 0. The molecular formula is C22H26N6O2. The molecule has 156 valence electrons. The molecule has 3 rings (SSSR count). The van der Waals surface area contributed by atoms with Gasteiger partial charge in [-0.25, -0.2) is 0 Å². The van der Waals surface area contributed by atoms with E-state index in [1.165, 1.54) is 10.4 Å². The number of aryl methyl sites for hydroxylation is 1. The number of rotatable bonds is 8. The maximum Gasteiger partial charge on any atom is 0.253 e. The Kier molecular flexibility index (Phi) is 6.90. The number of tetrazole rings is 1. The molecule has 0 aliphatic carbocycles. The molecule has 0 saturated heterocycles. The van der Waals surface area contributed by atoms with Crippen LogP contribution in [0, 0.1) is 0 Å². The molecule has 0 aliphatic heterocycles. The molecule has 8 heteroatoms. The second kappa shape index (κ2) is 9.78. The van der Waals surface area contributed by atoms with Gasteiger partial charge in [0.1, 0.15) is 6.54 Å². The number of carbonyl (C=O) groups excluding carboxylic acids is 2. The summed E-state index contributed by atoms with van der Waals surface area (Å²) in [5, 5.41) is 15.1. The first kappa shape index (κ1) is 21.2. The van der Waals surface area contributed by atoms with Crippen LogP contribution in [0.3, 0.4) is 0 Å². The summed E-state index contributed by atoms with van der Waals surface area (Å²) in [4.78, 5) is 27.9. The molecule has 0 atom stereocenters. The number of benzene rings is 2. The van der Waals surface area contributed by atoms with Crippen LogP contribution in [0.15, 0.2) is 48.5 Å². The van der Waals surface area contributed by atoms with E-state index in [2.05, 4.69) is 27.7 Å². The van der Waals surface area contributed by atoms with Crippen molar-refractivity contribution in [2.75, 3.05) is 18.4 Å². The minimum absolute atomic E-state index is 0.0622. The predicted octanol–water partition coefficient (Wildman–Crippen LogP) is 3.02. The number of amides is 2. The van der Waals surface area contributed by atoms with Crippen molar-refractivity contribution >= 4 is 17.5 Å². The highest BCUT2D eigenvalue weighted by Gasteiger charge is 2.14. The number of nitrogens with one attached hydrogen (secondary N) is 1. The second-order valence-electron chi connectivity index (χ2n) is 6.80. The van der Waals surface area contributed by atoms with Crippen molar-refractivity contribution in [3.8, 4) is 11.4 Å². The van der Waals surface area contributed by atoms with Crippen molar-refractivity contribution < 1.29 is 9.59 Å². The summed E-state index contributed by atoms with van der Waals surface area (Å²) in [6, 6.07) is 14.8. The highest BCUT2D eigenvalue weighted by molar-refractivity contribution is 5.97. The lowest BCUT2D eigenvalue weighted by Gasteiger charge is -2.19. The summed E-state index contributed by atoms with van der Waals surface area (Å²) in [6.07, 6.45) is 0.961. The van der Waals surface area contributed by atoms with Crippen LogP contribution >= 0.6 is 0 Å². The lowest BCUT2D eigenvalue weighted by molar-refractivity contribution is -0.117. The summed E-state index contributed by atoms with van der Waals surface area (Å²) in [5.41, 5.74) is 3.16. The standard InChI is InChI=1S/C22H26N6O2/c1-4-16-10-12-17(13-11-16)21-24-26-28(25-21)15-20(29)23-19-9-7-8-18(14-19)22(30)27(5-2)6-3/h7-14H,4-6,15H2,1-3H3,(H,23,29). The first-order valence-corrected chi connectivity index (χ1v) is 10.1. The molecule has 0 saturated carbocycles. The molecule has 1 N–H and O–H groups in total. The summed E-state index contributed by atoms with van der Waals surface area (Å²) in [6.45, 7) is 7.15. The van der Waals surface area contributed by atoms with Gasteiger partial charge in [0.05, 0.1) is 0 Å². The monoisotopic (exact) mass is 406 g/mol. The van der Waals surface area contributed by atoms with Gasteiger partial charge in [-0.05, 0) is 49.2 Å². The number of nitrogens with zero attached hydrogens (tertiary/aromatic N) is 5. The molecule has 8 nitrogen and oxygen atoms in total. The van der Waals surface area contributed by atoms with E-state index in [1.807, 2.05) is 38.1 Å². The van der Waals surface area contributed by atoms with Gasteiger partial charge in [0.25, 0.3) is 5.91 Å². The van der Waals surface area contributed by atoms with Gasteiger partial charge in [0.15, 0.2) is 0 Å². The molecule has 0 spiro atoms. The van der Waals surface area contributed by atoms with Gasteiger partial charge in [0.2, 0.25) is 11.7 Å². The van der Waals surface area contributed by atoms with E-state index in [0.717, 1.165) is 12.0 Å². The fourth-order valence-corrected chi connectivity index (χ4v) is 3.07. The van der Waals surface area contributed by atoms with Crippen molar-refractivity contribution in [3.05, 3.63) is 59.7 Å². The third kappa shape index (κ3) is 5.08. The Morgan fingerprint density at radius 1 is 1.03 bits per heavy atom. The molecular weight excluding hydrogens is 380 g/mol. The molecule has 0 unspecified atom stereocenters. The minimum Gasteiger partial charge on any atom is -0.339 e. The van der Waals surface area contributed by atoms with Crippen LogP contribution in [0.1, 0.15) is 36.7 Å². The molecule has 1 heterocycles. The molecule has 0 bridgehead atoms. The quantitative estimate of drug-likeness (QED) is 0.621. The van der Waals surface area contributed by atoms with E-state index in [-0.39, 0.29) is 18.4 Å². The van der Waals surface area contributed by atoms with Crippen LogP contribution in [-0.2, 0) is 17.8 Å². The first-order valence-electron chi connectivity index (χ1n) is 10.1. The van der Waals surface area contributed by atoms with Crippen LogP contribution in [0.25, 0.3) is 11.4 Å². The van der Waals surface area contributed by atoms with Gasteiger partial charge in [-0.3, -0.25) is 9.59 Å². The van der Waals surface area contributed by atoms with E-state index in [0.29, 0.717) is 30.2 Å². The van der Waals surface area contributed by atoms with Crippen LogP contribution in [0.5, 0.6) is 0 Å². The van der Waals surface area contributed by atoms with E-state index >= 15 is 0 Å². The van der Waals surface area contributed by atoms with Gasteiger partial charge in [-0.15, -0.1) is 10.2 Å². The molecule has 2 aromatic carbocycles. The number of anilines is 1. The maximum absolute atomic E-state index is 12.5. The summed E-state index contributed by atoms with van der Waals surface area (Å²) in [7, 11) is 0. The molecule has 2 amide bonds. The van der Waals surface area contributed by atoms with Crippen LogP contribution < -0.4 is 5.32 Å². The third-order valence-electron chi connectivity index (χ3n) is 4.80. The van der Waals surface area contributed by atoms with Gasteiger partial charge < -0.3 is 10.2 Å². The number of hydrogen-bond acceptors (Lipinski definition) is 5. The SMILES string of the molecule is CCc1ccc(-c2nnn(CC(=O)Nc3cccc(C(=O)N(CC)CC)c3)n2)cc1. The minimum atomic E-state index is -0.298. The fraction of sp³-hybridized carbons (Fsp3) is 0.318. The van der Waals surface area contributed by atoms with E-state index < -0.39 is 0 Å².